The normalized spacial score (nSPS) is 16.0. The maximum atomic E-state index is 13.0. The molecule has 148 valence electrons. The Morgan fingerprint density at radius 2 is 2.03 bits per heavy atom. The van der Waals surface area contributed by atoms with E-state index in [0.29, 0.717) is 23.7 Å². The van der Waals surface area contributed by atoms with Gasteiger partial charge in [0.05, 0.1) is 5.69 Å². The summed E-state index contributed by atoms with van der Waals surface area (Å²) in [6.45, 7) is -0.00120. The number of ether oxygens (including phenoxy) is 1. The summed E-state index contributed by atoms with van der Waals surface area (Å²) in [5.41, 5.74) is 1.45. The van der Waals surface area contributed by atoms with Crippen molar-refractivity contribution in [1.82, 2.24) is 20.5 Å². The van der Waals surface area contributed by atoms with Crippen molar-refractivity contribution in [3.63, 3.8) is 0 Å². The van der Waals surface area contributed by atoms with Crippen molar-refractivity contribution in [3.8, 4) is 5.75 Å². The number of benzene rings is 2. The molecule has 8 nitrogen and oxygen atoms in total. The second-order valence-corrected chi connectivity index (χ2v) is 6.61. The van der Waals surface area contributed by atoms with Gasteiger partial charge in [0.25, 0.3) is 11.8 Å². The van der Waals surface area contributed by atoms with Crippen LogP contribution in [0.4, 0.5) is 10.1 Å². The number of H-pyrrole nitrogens is 1. The summed E-state index contributed by atoms with van der Waals surface area (Å²) in [4.78, 5) is 30.8. The van der Waals surface area contributed by atoms with E-state index in [1.54, 1.807) is 37.4 Å². The Labute approximate surface area is 165 Å². The van der Waals surface area contributed by atoms with E-state index < -0.39 is 11.9 Å². The lowest BCUT2D eigenvalue weighted by Crippen LogP contribution is -2.49. The number of likely N-dealkylation sites (N-methyl/N-ethyl adjacent to an activating group) is 1. The number of fused-ring (bicyclic) bond motifs is 1. The van der Waals surface area contributed by atoms with Gasteiger partial charge in [0.1, 0.15) is 30.0 Å². The molecule has 2 heterocycles. The molecule has 2 N–H and O–H groups in total. The van der Waals surface area contributed by atoms with E-state index in [-0.39, 0.29) is 24.2 Å². The van der Waals surface area contributed by atoms with Crippen molar-refractivity contribution in [2.75, 3.05) is 18.6 Å². The van der Waals surface area contributed by atoms with Crippen LogP contribution in [0.1, 0.15) is 22.0 Å². The zero-order chi connectivity index (χ0) is 20.4. The number of nitrogens with zero attached hydrogens (tertiary/aromatic N) is 3. The minimum absolute atomic E-state index is 0.00120. The molecule has 1 aliphatic rings. The summed E-state index contributed by atoms with van der Waals surface area (Å²) >= 11 is 0. The van der Waals surface area contributed by atoms with Gasteiger partial charge in [-0.1, -0.05) is 24.3 Å². The molecule has 29 heavy (non-hydrogen) atoms. The first-order valence-corrected chi connectivity index (χ1v) is 8.97. The molecule has 0 radical (unpaired) electrons. The number of rotatable bonds is 4. The molecule has 1 unspecified atom stereocenters. The van der Waals surface area contributed by atoms with Gasteiger partial charge in [-0.15, -0.1) is 5.10 Å². The lowest BCUT2D eigenvalue weighted by molar-refractivity contribution is -0.120. The standard InChI is InChI=1S/C20H18FN5O3/c1-26-15-4-2-3-5-16(15)29-11-14(20(26)28)22-19(27)18-23-17(24-25-18)10-12-6-8-13(21)9-7-12/h2-9,14H,10-11H2,1H3,(H,22,27)(H,23,24,25). The van der Waals surface area contributed by atoms with Crippen LogP contribution < -0.4 is 15.0 Å². The first-order valence-electron chi connectivity index (χ1n) is 8.97. The fraction of sp³-hybridized carbons (Fsp3) is 0.200. The monoisotopic (exact) mass is 395 g/mol. The lowest BCUT2D eigenvalue weighted by atomic mass is 10.1. The minimum atomic E-state index is -0.876. The third-order valence-corrected chi connectivity index (χ3v) is 4.59. The number of hydrogen-bond donors (Lipinski definition) is 2. The van der Waals surface area contributed by atoms with Crippen LogP contribution in [-0.2, 0) is 11.2 Å². The predicted octanol–water partition coefficient (Wildman–Crippen LogP) is 1.69. The molecule has 1 atom stereocenters. The van der Waals surface area contributed by atoms with Crippen molar-refractivity contribution in [3.05, 3.63) is 71.6 Å². The Morgan fingerprint density at radius 3 is 2.83 bits per heavy atom. The van der Waals surface area contributed by atoms with Crippen LogP contribution in [0, 0.1) is 5.82 Å². The Bertz CT molecular complexity index is 1050. The van der Waals surface area contributed by atoms with Crippen LogP contribution in [0.25, 0.3) is 0 Å². The molecule has 0 saturated heterocycles. The zero-order valence-corrected chi connectivity index (χ0v) is 15.6. The Hall–Kier alpha value is -3.75. The maximum absolute atomic E-state index is 13.0. The number of halogens is 1. The topological polar surface area (TPSA) is 100 Å². The number of para-hydroxylation sites is 2. The average molecular weight is 395 g/mol. The molecule has 9 heteroatoms. The molecule has 0 aliphatic carbocycles. The number of carbonyl (C=O) groups excluding carboxylic acids is 2. The third kappa shape index (κ3) is 3.93. The molecule has 0 bridgehead atoms. The Morgan fingerprint density at radius 1 is 1.28 bits per heavy atom. The fourth-order valence-corrected chi connectivity index (χ4v) is 3.05. The molecule has 4 rings (SSSR count). The lowest BCUT2D eigenvalue weighted by Gasteiger charge is -2.19. The number of aromatic nitrogens is 3. The molecule has 3 aromatic rings. The number of aromatic amines is 1. The van der Waals surface area contributed by atoms with E-state index in [9.17, 15) is 14.0 Å². The molecule has 0 fully saturated rings. The highest BCUT2D eigenvalue weighted by Crippen LogP contribution is 2.29. The molecule has 2 amide bonds. The predicted molar refractivity (Wildman–Crippen MR) is 102 cm³/mol. The van der Waals surface area contributed by atoms with E-state index in [2.05, 4.69) is 20.5 Å². The summed E-state index contributed by atoms with van der Waals surface area (Å²) in [5, 5.41) is 9.23. The summed E-state index contributed by atoms with van der Waals surface area (Å²) in [7, 11) is 1.63. The first-order chi connectivity index (χ1) is 14.0. The van der Waals surface area contributed by atoms with E-state index in [1.165, 1.54) is 17.0 Å². The van der Waals surface area contributed by atoms with Crippen LogP contribution in [0.15, 0.2) is 48.5 Å². The Kier molecular flexibility index (Phi) is 4.94. The maximum Gasteiger partial charge on any atom is 0.291 e. The summed E-state index contributed by atoms with van der Waals surface area (Å²) in [6.07, 6.45) is 0.365. The highest BCUT2D eigenvalue weighted by atomic mass is 19.1. The summed E-state index contributed by atoms with van der Waals surface area (Å²) in [6, 6.07) is 12.2. The van der Waals surface area contributed by atoms with Gasteiger partial charge in [-0.05, 0) is 29.8 Å². The molecule has 1 aromatic heterocycles. The first kappa shape index (κ1) is 18.6. The SMILES string of the molecule is CN1C(=O)C(NC(=O)c2n[nH]c(Cc3ccc(F)cc3)n2)COc2ccccc21. The third-order valence-electron chi connectivity index (χ3n) is 4.59. The highest BCUT2D eigenvalue weighted by molar-refractivity contribution is 6.02. The number of carbonyl (C=O) groups is 2. The summed E-state index contributed by atoms with van der Waals surface area (Å²) < 4.78 is 18.7. The smallest absolute Gasteiger partial charge is 0.291 e. The van der Waals surface area contributed by atoms with Gasteiger partial charge < -0.3 is 15.0 Å². The van der Waals surface area contributed by atoms with Crippen LogP contribution in [0.3, 0.4) is 0 Å². The van der Waals surface area contributed by atoms with E-state index in [4.69, 9.17) is 4.74 Å². The van der Waals surface area contributed by atoms with Crippen LogP contribution >= 0.6 is 0 Å². The van der Waals surface area contributed by atoms with Crippen molar-refractivity contribution in [2.24, 2.45) is 0 Å². The van der Waals surface area contributed by atoms with Crippen LogP contribution in [0.2, 0.25) is 0 Å². The molecule has 2 aromatic carbocycles. The molecular weight excluding hydrogens is 377 g/mol. The number of amides is 2. The fourth-order valence-electron chi connectivity index (χ4n) is 3.05. The second kappa shape index (κ2) is 7.70. The highest BCUT2D eigenvalue weighted by Gasteiger charge is 2.31. The van der Waals surface area contributed by atoms with Crippen LogP contribution in [0.5, 0.6) is 5.75 Å². The molecule has 0 saturated carbocycles. The van der Waals surface area contributed by atoms with Gasteiger partial charge in [-0.2, -0.15) is 0 Å². The van der Waals surface area contributed by atoms with Crippen molar-refractivity contribution in [1.29, 1.82) is 0 Å². The van der Waals surface area contributed by atoms with Crippen LogP contribution in [-0.4, -0.2) is 46.7 Å². The second-order valence-electron chi connectivity index (χ2n) is 6.61. The van der Waals surface area contributed by atoms with Crippen molar-refractivity contribution >= 4 is 17.5 Å². The van der Waals surface area contributed by atoms with E-state index >= 15 is 0 Å². The number of nitrogens with one attached hydrogen (secondary N) is 2. The average Bonchev–Trinajstić information content (AvgIpc) is 3.16. The summed E-state index contributed by atoms with van der Waals surface area (Å²) in [5.74, 6) is -0.277. The van der Waals surface area contributed by atoms with E-state index in [1.807, 2.05) is 6.07 Å². The number of anilines is 1. The minimum Gasteiger partial charge on any atom is -0.489 e. The zero-order valence-electron chi connectivity index (χ0n) is 15.6. The quantitative estimate of drug-likeness (QED) is 0.700. The Balaban J connectivity index is 1.44. The van der Waals surface area contributed by atoms with Gasteiger partial charge in [0, 0.05) is 13.5 Å². The van der Waals surface area contributed by atoms with Gasteiger partial charge in [0.15, 0.2) is 0 Å². The van der Waals surface area contributed by atoms with Crippen molar-refractivity contribution in [2.45, 2.75) is 12.5 Å². The van der Waals surface area contributed by atoms with Gasteiger partial charge in [-0.25, -0.2) is 9.37 Å². The number of hydrogen-bond acceptors (Lipinski definition) is 5. The van der Waals surface area contributed by atoms with Gasteiger partial charge in [0.2, 0.25) is 5.82 Å². The molecule has 0 spiro atoms. The van der Waals surface area contributed by atoms with Crippen molar-refractivity contribution < 1.29 is 18.7 Å². The van der Waals surface area contributed by atoms with Gasteiger partial charge in [-0.3, -0.25) is 14.7 Å². The molecule has 1 aliphatic heterocycles. The largest absolute Gasteiger partial charge is 0.489 e. The van der Waals surface area contributed by atoms with Gasteiger partial charge >= 0.3 is 0 Å². The van der Waals surface area contributed by atoms with E-state index in [0.717, 1.165) is 5.56 Å². The molecular formula is C20H18FN5O3.